The van der Waals surface area contributed by atoms with E-state index < -0.39 is 56.6 Å². The summed E-state index contributed by atoms with van der Waals surface area (Å²) < 4.78 is 118. The Morgan fingerprint density at radius 3 is 1.94 bits per heavy atom. The van der Waals surface area contributed by atoms with Crippen LogP contribution in [0.2, 0.25) is 0 Å². The van der Waals surface area contributed by atoms with E-state index in [0.29, 0.717) is 6.07 Å². The molecule has 0 saturated heterocycles. The molecule has 0 aromatic heterocycles. The summed E-state index contributed by atoms with van der Waals surface area (Å²) in [6.45, 7) is 0. The van der Waals surface area contributed by atoms with Gasteiger partial charge in [0.05, 0.1) is 16.6 Å². The summed E-state index contributed by atoms with van der Waals surface area (Å²) in [7, 11) is -3.61. The molecule has 1 amide bonds. The van der Waals surface area contributed by atoms with E-state index in [0.717, 1.165) is 37.1 Å². The van der Waals surface area contributed by atoms with Crippen LogP contribution in [0.3, 0.4) is 0 Å². The third kappa shape index (κ3) is 4.76. The van der Waals surface area contributed by atoms with Gasteiger partial charge in [0.25, 0.3) is 5.60 Å². The van der Waals surface area contributed by atoms with Crippen molar-refractivity contribution in [3.63, 3.8) is 0 Å². The second-order valence-electron chi connectivity index (χ2n) is 8.07. The number of halogens is 7. The van der Waals surface area contributed by atoms with Crippen LogP contribution < -0.4 is 5.73 Å². The van der Waals surface area contributed by atoms with E-state index in [1.54, 1.807) is 0 Å². The molecule has 1 atom stereocenters. The van der Waals surface area contributed by atoms with E-state index in [1.165, 1.54) is 0 Å². The van der Waals surface area contributed by atoms with Gasteiger partial charge in [-0.1, -0.05) is 24.3 Å². The van der Waals surface area contributed by atoms with Gasteiger partial charge >= 0.3 is 12.4 Å². The molecule has 0 bridgehead atoms. The molecular weight excluding hydrogens is 495 g/mol. The van der Waals surface area contributed by atoms with Crippen LogP contribution in [0.1, 0.15) is 35.4 Å². The van der Waals surface area contributed by atoms with Gasteiger partial charge in [0.1, 0.15) is 5.82 Å². The van der Waals surface area contributed by atoms with Crippen molar-refractivity contribution in [3.8, 4) is 0 Å². The maximum absolute atomic E-state index is 14.7. The van der Waals surface area contributed by atoms with Gasteiger partial charge in [-0.2, -0.15) is 26.3 Å². The third-order valence-electron chi connectivity index (χ3n) is 5.56. The van der Waals surface area contributed by atoms with Crippen molar-refractivity contribution in [2.45, 2.75) is 41.6 Å². The number of nitrogens with two attached hydrogens (primary N) is 1. The number of primary amides is 1. The predicted octanol–water partition coefficient (Wildman–Crippen LogP) is 3.94. The summed E-state index contributed by atoms with van der Waals surface area (Å²) >= 11 is 0. The van der Waals surface area contributed by atoms with Crippen molar-refractivity contribution in [1.29, 1.82) is 0 Å². The Labute approximate surface area is 189 Å². The zero-order valence-corrected chi connectivity index (χ0v) is 17.9. The fraction of sp³-hybridized carbons (Fsp3) is 0.381. The van der Waals surface area contributed by atoms with Crippen molar-refractivity contribution in [1.82, 2.24) is 0 Å². The first-order valence-electron chi connectivity index (χ1n) is 9.77. The van der Waals surface area contributed by atoms with Crippen molar-refractivity contribution in [3.05, 3.63) is 65.0 Å². The SMILES string of the molecule is NC(=O)C(c1ccc(S(=O)(=O)CC2CC2)cc1)c1ccc(C(O)(C(F)(F)F)C(F)(F)F)cc1F. The maximum Gasteiger partial charge on any atom is 0.430 e. The van der Waals surface area contributed by atoms with Crippen LogP contribution in [-0.4, -0.2) is 37.5 Å². The molecule has 1 fully saturated rings. The normalized spacial score (nSPS) is 16.4. The smallest absolute Gasteiger partial charge is 0.369 e. The van der Waals surface area contributed by atoms with Crippen LogP contribution in [0.25, 0.3) is 0 Å². The van der Waals surface area contributed by atoms with E-state index in [2.05, 4.69) is 0 Å². The third-order valence-corrected chi connectivity index (χ3v) is 7.46. The van der Waals surface area contributed by atoms with Crippen LogP contribution >= 0.6 is 0 Å². The van der Waals surface area contributed by atoms with E-state index in [1.807, 2.05) is 0 Å². The lowest BCUT2D eigenvalue weighted by Crippen LogP contribution is -2.54. The molecular formula is C21H18F7NO4S. The molecule has 1 saturated carbocycles. The van der Waals surface area contributed by atoms with Crippen molar-refractivity contribution in [2.75, 3.05) is 5.75 Å². The summed E-state index contributed by atoms with van der Waals surface area (Å²) in [6.07, 6.45) is -10.9. The second-order valence-corrected chi connectivity index (χ2v) is 10.1. The second kappa shape index (κ2) is 8.52. The fourth-order valence-corrected chi connectivity index (χ4v) is 5.23. The Morgan fingerprint density at radius 2 is 1.53 bits per heavy atom. The molecule has 3 rings (SSSR count). The Balaban J connectivity index is 2.01. The zero-order valence-electron chi connectivity index (χ0n) is 17.1. The molecule has 186 valence electrons. The minimum absolute atomic E-state index is 0.0357. The summed E-state index contributed by atoms with van der Waals surface area (Å²) in [5, 5.41) is 9.44. The highest BCUT2D eigenvalue weighted by Gasteiger charge is 2.71. The van der Waals surface area contributed by atoms with E-state index in [-0.39, 0.29) is 34.3 Å². The fourth-order valence-electron chi connectivity index (χ4n) is 3.53. The minimum Gasteiger partial charge on any atom is -0.369 e. The Kier molecular flexibility index (Phi) is 6.50. The molecule has 13 heteroatoms. The van der Waals surface area contributed by atoms with Gasteiger partial charge in [0.15, 0.2) is 9.84 Å². The molecule has 2 aromatic rings. The standard InChI is InChI=1S/C21H18F7NO4S/c22-16-9-13(19(31,20(23,24)25)21(26,27)28)5-8-15(16)17(18(29)30)12-3-6-14(7-4-12)34(32,33)10-11-1-2-11/h3-9,11,17,31H,1-2,10H2,(H2,29,30). The molecule has 0 radical (unpaired) electrons. The Hall–Kier alpha value is -2.67. The number of rotatable bonds is 7. The van der Waals surface area contributed by atoms with E-state index >= 15 is 0 Å². The first-order valence-corrected chi connectivity index (χ1v) is 11.4. The summed E-state index contributed by atoms with van der Waals surface area (Å²) in [5.74, 6) is -4.51. The molecule has 1 aliphatic carbocycles. The van der Waals surface area contributed by atoms with Crippen LogP contribution in [0.4, 0.5) is 30.7 Å². The molecule has 5 nitrogen and oxygen atoms in total. The van der Waals surface area contributed by atoms with Gasteiger partial charge in [0.2, 0.25) is 5.91 Å². The molecule has 2 aromatic carbocycles. The van der Waals surface area contributed by atoms with Gasteiger partial charge in [-0.25, -0.2) is 12.8 Å². The topological polar surface area (TPSA) is 97.5 Å². The van der Waals surface area contributed by atoms with Gasteiger partial charge in [-0.05, 0) is 42.5 Å². The number of carbonyl (C=O) groups is 1. The highest BCUT2D eigenvalue weighted by atomic mass is 32.2. The molecule has 1 unspecified atom stereocenters. The van der Waals surface area contributed by atoms with Crippen molar-refractivity contribution in [2.24, 2.45) is 11.7 Å². The van der Waals surface area contributed by atoms with Crippen LogP contribution in [-0.2, 0) is 20.2 Å². The lowest BCUT2D eigenvalue weighted by molar-refractivity contribution is -0.376. The number of carbonyl (C=O) groups excluding carboxylic acids is 1. The van der Waals surface area contributed by atoms with Crippen molar-refractivity contribution >= 4 is 15.7 Å². The molecule has 1 aliphatic rings. The molecule has 34 heavy (non-hydrogen) atoms. The number of hydrogen-bond acceptors (Lipinski definition) is 4. The largest absolute Gasteiger partial charge is 0.430 e. The van der Waals surface area contributed by atoms with Crippen molar-refractivity contribution < 1.29 is 49.1 Å². The summed E-state index contributed by atoms with van der Waals surface area (Å²) in [5.41, 5.74) is -2.58. The molecule has 0 aliphatic heterocycles. The molecule has 0 heterocycles. The number of sulfone groups is 1. The highest BCUT2D eigenvalue weighted by Crippen LogP contribution is 2.50. The lowest BCUT2D eigenvalue weighted by Gasteiger charge is -2.33. The average Bonchev–Trinajstić information content (AvgIpc) is 3.50. The molecule has 3 N–H and O–H groups in total. The zero-order chi connectivity index (χ0) is 25.7. The number of amides is 1. The van der Waals surface area contributed by atoms with Gasteiger partial charge in [-0.15, -0.1) is 0 Å². The summed E-state index contributed by atoms with van der Waals surface area (Å²) in [6, 6.07) is 5.14. The Bertz CT molecular complexity index is 1170. The van der Waals surface area contributed by atoms with Crippen LogP contribution in [0, 0.1) is 11.7 Å². The Morgan fingerprint density at radius 1 is 1.00 bits per heavy atom. The monoisotopic (exact) mass is 513 g/mol. The summed E-state index contributed by atoms with van der Waals surface area (Å²) in [4.78, 5) is 11.9. The average molecular weight is 513 g/mol. The quantitative estimate of drug-likeness (QED) is 0.549. The van der Waals surface area contributed by atoms with Crippen LogP contribution in [0.5, 0.6) is 0 Å². The maximum atomic E-state index is 14.7. The predicted molar refractivity (Wildman–Crippen MR) is 105 cm³/mol. The van der Waals surface area contributed by atoms with Gasteiger partial charge < -0.3 is 10.8 Å². The highest BCUT2D eigenvalue weighted by molar-refractivity contribution is 7.91. The van der Waals surface area contributed by atoms with E-state index in [9.17, 15) is 49.1 Å². The number of benzene rings is 2. The number of aliphatic hydroxyl groups is 1. The van der Waals surface area contributed by atoms with Gasteiger partial charge in [-0.3, -0.25) is 4.79 Å². The lowest BCUT2D eigenvalue weighted by atomic mass is 9.86. The van der Waals surface area contributed by atoms with E-state index in [4.69, 9.17) is 5.73 Å². The molecule has 0 spiro atoms. The number of alkyl halides is 6. The minimum atomic E-state index is -6.22. The van der Waals surface area contributed by atoms with Gasteiger partial charge in [0, 0.05) is 11.1 Å². The first kappa shape index (κ1) is 25.9. The first-order chi connectivity index (χ1) is 15.5. The van der Waals surface area contributed by atoms with Crippen LogP contribution in [0.15, 0.2) is 47.4 Å². The number of hydrogen-bond donors (Lipinski definition) is 2.